The van der Waals surface area contributed by atoms with Crippen molar-refractivity contribution < 1.29 is 13.2 Å². The second-order valence-electron chi connectivity index (χ2n) is 6.11. The normalized spacial score (nSPS) is 11.6. The number of aromatic nitrogens is 1. The Labute approximate surface area is 163 Å². The molecule has 7 heteroatoms. The van der Waals surface area contributed by atoms with Crippen molar-refractivity contribution in [2.45, 2.75) is 24.8 Å². The zero-order valence-corrected chi connectivity index (χ0v) is 16.5. The number of pyridine rings is 1. The molecule has 0 amide bonds. The summed E-state index contributed by atoms with van der Waals surface area (Å²) in [4.78, 5) is 16.8. The largest absolute Gasteiger partial charge is 0.295 e. The highest BCUT2D eigenvalue weighted by molar-refractivity contribution is 7.89. The first-order chi connectivity index (χ1) is 13.0. The van der Waals surface area contributed by atoms with Crippen LogP contribution in [0.1, 0.15) is 27.7 Å². The van der Waals surface area contributed by atoms with E-state index in [-0.39, 0.29) is 17.2 Å². The van der Waals surface area contributed by atoms with Crippen LogP contribution in [0, 0.1) is 0 Å². The van der Waals surface area contributed by atoms with E-state index in [1.165, 1.54) is 23.4 Å². The van der Waals surface area contributed by atoms with Crippen LogP contribution in [0.4, 0.5) is 0 Å². The highest BCUT2D eigenvalue weighted by Crippen LogP contribution is 2.20. The lowest BCUT2D eigenvalue weighted by molar-refractivity contribution is 0.101. The van der Waals surface area contributed by atoms with E-state index >= 15 is 0 Å². The summed E-state index contributed by atoms with van der Waals surface area (Å²) in [7, 11) is -3.70. The highest BCUT2D eigenvalue weighted by Gasteiger charge is 2.25. The standard InChI is InChI=1S/C20H20N2O3S2/c1-16(23)18-6-8-20(9-7-18)27(24,25)22(12-10-19-5-3-13-26-19)15-17-4-2-11-21-14-17/h2-9,11,13-14H,10,12,15H2,1H3. The van der Waals surface area contributed by atoms with Gasteiger partial charge in [-0.05, 0) is 48.6 Å². The third kappa shape index (κ3) is 4.88. The van der Waals surface area contributed by atoms with Gasteiger partial charge in [0.15, 0.2) is 5.78 Å². The number of carbonyl (C=O) groups excluding carboxylic acids is 1. The lowest BCUT2D eigenvalue weighted by atomic mass is 10.2. The van der Waals surface area contributed by atoms with Crippen molar-refractivity contribution in [2.75, 3.05) is 6.54 Å². The molecule has 3 aromatic rings. The second kappa shape index (κ2) is 8.56. The lowest BCUT2D eigenvalue weighted by Crippen LogP contribution is -2.32. The SMILES string of the molecule is CC(=O)c1ccc(S(=O)(=O)N(CCc2cccs2)Cc2cccnc2)cc1. The van der Waals surface area contributed by atoms with Crippen LogP contribution >= 0.6 is 11.3 Å². The quantitative estimate of drug-likeness (QED) is 0.540. The fourth-order valence-corrected chi connectivity index (χ4v) is 4.81. The van der Waals surface area contributed by atoms with Gasteiger partial charge in [0, 0.05) is 35.9 Å². The molecule has 5 nitrogen and oxygen atoms in total. The predicted octanol–water partition coefficient (Wildman–Crippen LogP) is 3.78. The topological polar surface area (TPSA) is 67.3 Å². The molecule has 2 aromatic heterocycles. The van der Waals surface area contributed by atoms with Crippen LogP contribution in [0.2, 0.25) is 0 Å². The molecule has 27 heavy (non-hydrogen) atoms. The maximum absolute atomic E-state index is 13.2. The van der Waals surface area contributed by atoms with Gasteiger partial charge in [0.25, 0.3) is 0 Å². The number of thiophene rings is 1. The molecule has 1 aromatic carbocycles. The number of rotatable bonds is 8. The average molecular weight is 401 g/mol. The van der Waals surface area contributed by atoms with Crippen molar-refractivity contribution in [2.24, 2.45) is 0 Å². The Hall–Kier alpha value is -2.35. The van der Waals surface area contributed by atoms with Gasteiger partial charge in [0.2, 0.25) is 10.0 Å². The van der Waals surface area contributed by atoms with Crippen molar-refractivity contribution in [1.29, 1.82) is 0 Å². The maximum Gasteiger partial charge on any atom is 0.243 e. The fourth-order valence-electron chi connectivity index (χ4n) is 2.68. The van der Waals surface area contributed by atoms with E-state index in [0.717, 1.165) is 10.4 Å². The second-order valence-corrected chi connectivity index (χ2v) is 9.08. The van der Waals surface area contributed by atoms with Crippen molar-refractivity contribution in [3.05, 3.63) is 82.3 Å². The number of hydrogen-bond acceptors (Lipinski definition) is 5. The Morgan fingerprint density at radius 3 is 2.48 bits per heavy atom. The van der Waals surface area contributed by atoms with Crippen molar-refractivity contribution in [3.63, 3.8) is 0 Å². The predicted molar refractivity (Wildman–Crippen MR) is 106 cm³/mol. The summed E-state index contributed by atoms with van der Waals surface area (Å²) in [6.45, 7) is 2.07. The van der Waals surface area contributed by atoms with Gasteiger partial charge in [-0.3, -0.25) is 9.78 Å². The molecule has 0 N–H and O–H groups in total. The Kier molecular flexibility index (Phi) is 6.15. The van der Waals surface area contributed by atoms with Crippen LogP contribution in [0.3, 0.4) is 0 Å². The van der Waals surface area contributed by atoms with Crippen molar-refractivity contribution >= 4 is 27.1 Å². The van der Waals surface area contributed by atoms with Crippen LogP contribution in [0.25, 0.3) is 0 Å². The molecule has 0 spiro atoms. The molecule has 3 rings (SSSR count). The van der Waals surface area contributed by atoms with Gasteiger partial charge in [-0.15, -0.1) is 11.3 Å². The molecule has 0 bridgehead atoms. The maximum atomic E-state index is 13.2. The van der Waals surface area contributed by atoms with Gasteiger partial charge in [-0.25, -0.2) is 8.42 Å². The summed E-state index contributed by atoms with van der Waals surface area (Å²) in [5, 5.41) is 1.98. The smallest absolute Gasteiger partial charge is 0.243 e. The van der Waals surface area contributed by atoms with E-state index in [1.807, 2.05) is 23.6 Å². The summed E-state index contributed by atoms with van der Waals surface area (Å²) < 4.78 is 27.9. The molecule has 2 heterocycles. The Morgan fingerprint density at radius 1 is 1.11 bits per heavy atom. The highest BCUT2D eigenvalue weighted by atomic mass is 32.2. The number of hydrogen-bond donors (Lipinski definition) is 0. The molecule has 0 radical (unpaired) electrons. The zero-order chi connectivity index (χ0) is 19.3. The average Bonchev–Trinajstić information content (AvgIpc) is 3.19. The van der Waals surface area contributed by atoms with E-state index in [1.54, 1.807) is 41.9 Å². The number of sulfonamides is 1. The first-order valence-corrected chi connectivity index (χ1v) is 10.8. The van der Waals surface area contributed by atoms with Gasteiger partial charge in [-0.1, -0.05) is 24.3 Å². The van der Waals surface area contributed by atoms with Crippen LogP contribution in [-0.4, -0.2) is 30.0 Å². The molecule has 0 aliphatic rings. The first kappa shape index (κ1) is 19.4. The molecule has 0 atom stereocenters. The van der Waals surface area contributed by atoms with E-state index < -0.39 is 10.0 Å². The Balaban J connectivity index is 1.87. The number of ketones is 1. The molecule has 0 fully saturated rings. The summed E-state index contributed by atoms with van der Waals surface area (Å²) in [5.41, 5.74) is 1.32. The van der Waals surface area contributed by atoms with Crippen LogP contribution in [-0.2, 0) is 23.0 Å². The van der Waals surface area contributed by atoms with Crippen molar-refractivity contribution in [1.82, 2.24) is 9.29 Å². The number of carbonyl (C=O) groups is 1. The van der Waals surface area contributed by atoms with E-state index in [2.05, 4.69) is 4.98 Å². The van der Waals surface area contributed by atoms with Gasteiger partial charge in [0.1, 0.15) is 0 Å². The summed E-state index contributed by atoms with van der Waals surface area (Å²) >= 11 is 1.61. The van der Waals surface area contributed by atoms with Gasteiger partial charge >= 0.3 is 0 Å². The van der Waals surface area contributed by atoms with Gasteiger partial charge in [-0.2, -0.15) is 4.31 Å². The third-order valence-electron chi connectivity index (χ3n) is 4.17. The number of Topliss-reactive ketones (excluding diaryl/α,β-unsaturated/α-hetero) is 1. The molecule has 0 aliphatic heterocycles. The molecular weight excluding hydrogens is 380 g/mol. The number of benzene rings is 1. The minimum absolute atomic E-state index is 0.0936. The van der Waals surface area contributed by atoms with Crippen LogP contribution in [0.5, 0.6) is 0 Å². The van der Waals surface area contributed by atoms with Gasteiger partial charge in [0.05, 0.1) is 4.90 Å². The van der Waals surface area contributed by atoms with Crippen molar-refractivity contribution in [3.8, 4) is 0 Å². The Morgan fingerprint density at radius 2 is 1.89 bits per heavy atom. The molecule has 0 unspecified atom stereocenters. The monoisotopic (exact) mass is 400 g/mol. The van der Waals surface area contributed by atoms with E-state index in [0.29, 0.717) is 18.5 Å². The molecule has 0 aliphatic carbocycles. The summed E-state index contributed by atoms with van der Waals surface area (Å²) in [6.07, 6.45) is 3.98. The van der Waals surface area contributed by atoms with E-state index in [4.69, 9.17) is 0 Å². The van der Waals surface area contributed by atoms with Crippen LogP contribution < -0.4 is 0 Å². The molecule has 140 valence electrons. The molecular formula is C20H20N2O3S2. The van der Waals surface area contributed by atoms with Gasteiger partial charge < -0.3 is 0 Å². The van der Waals surface area contributed by atoms with Crippen LogP contribution in [0.15, 0.2) is 71.2 Å². The summed E-state index contributed by atoms with van der Waals surface area (Å²) in [6, 6.07) is 13.7. The summed E-state index contributed by atoms with van der Waals surface area (Å²) in [5.74, 6) is -0.0936. The zero-order valence-electron chi connectivity index (χ0n) is 14.9. The third-order valence-corrected chi connectivity index (χ3v) is 6.96. The molecule has 0 saturated carbocycles. The minimum atomic E-state index is -3.70. The first-order valence-electron chi connectivity index (χ1n) is 8.49. The number of nitrogens with zero attached hydrogens (tertiary/aromatic N) is 2. The fraction of sp³-hybridized carbons (Fsp3) is 0.200. The molecule has 0 saturated heterocycles. The Bertz CT molecular complexity index is 983. The van der Waals surface area contributed by atoms with E-state index in [9.17, 15) is 13.2 Å². The lowest BCUT2D eigenvalue weighted by Gasteiger charge is -2.22. The minimum Gasteiger partial charge on any atom is -0.295 e.